The largest absolute Gasteiger partial charge is 0.475 e. The Hall–Kier alpha value is -2.77. The molecular weight excluding hydrogens is 390 g/mol. The summed E-state index contributed by atoms with van der Waals surface area (Å²) in [6.07, 6.45) is -0.590. The first-order valence-corrected chi connectivity index (χ1v) is 9.85. The Morgan fingerprint density at radius 3 is 1.87 bits per heavy atom. The van der Waals surface area contributed by atoms with Gasteiger partial charge in [0.05, 0.1) is 13.7 Å². The van der Waals surface area contributed by atoms with Crippen LogP contribution in [-0.4, -0.2) is 47.0 Å². The molecule has 0 radical (unpaired) electrons. The van der Waals surface area contributed by atoms with E-state index in [0.29, 0.717) is 24.2 Å². The predicted molar refractivity (Wildman–Crippen MR) is 109 cm³/mol. The molecule has 0 atom stereocenters. The summed E-state index contributed by atoms with van der Waals surface area (Å²) in [6, 6.07) is 6.89. The first-order valence-electron chi connectivity index (χ1n) is 9.85. The number of carbonyl (C=O) groups excluding carboxylic acids is 3. The van der Waals surface area contributed by atoms with Crippen LogP contribution in [-0.2, 0) is 25.5 Å². The summed E-state index contributed by atoms with van der Waals surface area (Å²) in [5.41, 5.74) is -2.08. The second kappa shape index (κ2) is 8.53. The summed E-state index contributed by atoms with van der Waals surface area (Å²) in [4.78, 5) is 38.4. The van der Waals surface area contributed by atoms with Crippen LogP contribution in [0.1, 0.15) is 59.9 Å². The van der Waals surface area contributed by atoms with Gasteiger partial charge in [0.15, 0.2) is 0 Å². The van der Waals surface area contributed by atoms with Crippen molar-refractivity contribution >= 4 is 18.2 Å². The van der Waals surface area contributed by atoms with Crippen molar-refractivity contribution in [1.29, 1.82) is 0 Å². The van der Waals surface area contributed by atoms with Gasteiger partial charge in [0, 0.05) is 18.4 Å². The van der Waals surface area contributed by atoms with E-state index < -0.39 is 35.0 Å². The molecule has 0 saturated heterocycles. The van der Waals surface area contributed by atoms with E-state index in [0.717, 1.165) is 4.90 Å². The van der Waals surface area contributed by atoms with E-state index in [1.807, 2.05) is 0 Å². The average molecular weight is 421 g/mol. The number of para-hydroxylation sites is 1. The highest BCUT2D eigenvalue weighted by Crippen LogP contribution is 2.42. The molecule has 0 aliphatic heterocycles. The van der Waals surface area contributed by atoms with Crippen molar-refractivity contribution < 1.29 is 33.3 Å². The lowest BCUT2D eigenvalue weighted by Gasteiger charge is -2.29. The molecule has 0 aromatic heterocycles. The number of benzene rings is 1. The number of methoxy groups -OCH3 is 1. The fraction of sp³-hybridized carbons (Fsp3) is 0.591. The first kappa shape index (κ1) is 23.5. The standard InChI is InChI=1S/C22H31NO7/c1-20(2,3)29-18(25)23(19(26)30-21(4,5)6)14-15-10-8-9-11-16(15)28-22(12-13-22)17(24)27-7/h8-11H,12-14H2,1-7H3. The van der Waals surface area contributed by atoms with Crippen LogP contribution in [0.2, 0.25) is 0 Å². The van der Waals surface area contributed by atoms with Gasteiger partial charge in [-0.2, -0.15) is 0 Å². The maximum atomic E-state index is 12.7. The quantitative estimate of drug-likeness (QED) is 0.512. The molecule has 1 aliphatic rings. The van der Waals surface area contributed by atoms with Gasteiger partial charge in [-0.25, -0.2) is 19.3 Å². The number of rotatable bonds is 5. The molecule has 8 nitrogen and oxygen atoms in total. The number of ether oxygens (including phenoxy) is 4. The highest BCUT2D eigenvalue weighted by atomic mass is 16.6. The molecule has 166 valence electrons. The van der Waals surface area contributed by atoms with Crippen LogP contribution < -0.4 is 4.74 Å². The fourth-order valence-electron chi connectivity index (χ4n) is 2.60. The summed E-state index contributed by atoms with van der Waals surface area (Å²) in [7, 11) is 1.31. The van der Waals surface area contributed by atoms with Crippen molar-refractivity contribution in [2.75, 3.05) is 7.11 Å². The maximum absolute atomic E-state index is 12.7. The van der Waals surface area contributed by atoms with E-state index in [2.05, 4.69) is 0 Å². The van der Waals surface area contributed by atoms with Crippen molar-refractivity contribution in [3.05, 3.63) is 29.8 Å². The lowest BCUT2D eigenvalue weighted by molar-refractivity contribution is -0.151. The Morgan fingerprint density at radius 1 is 0.933 bits per heavy atom. The van der Waals surface area contributed by atoms with Gasteiger partial charge in [-0.15, -0.1) is 0 Å². The molecule has 2 amide bonds. The number of hydrogen-bond acceptors (Lipinski definition) is 7. The molecule has 30 heavy (non-hydrogen) atoms. The Bertz CT molecular complexity index is 772. The number of hydrogen-bond donors (Lipinski definition) is 0. The van der Waals surface area contributed by atoms with Crippen molar-refractivity contribution in [1.82, 2.24) is 4.90 Å². The van der Waals surface area contributed by atoms with Gasteiger partial charge >= 0.3 is 18.2 Å². The maximum Gasteiger partial charge on any atom is 0.420 e. The highest BCUT2D eigenvalue weighted by molar-refractivity contribution is 5.88. The molecule has 1 aliphatic carbocycles. The van der Waals surface area contributed by atoms with Crippen LogP contribution in [0.3, 0.4) is 0 Å². The van der Waals surface area contributed by atoms with Gasteiger partial charge in [0.25, 0.3) is 0 Å². The van der Waals surface area contributed by atoms with Crippen LogP contribution in [0.5, 0.6) is 5.75 Å². The summed E-state index contributed by atoms with van der Waals surface area (Å²) < 4.78 is 21.6. The van der Waals surface area contributed by atoms with Crippen LogP contribution in [0, 0.1) is 0 Å². The minimum atomic E-state index is -1.02. The van der Waals surface area contributed by atoms with E-state index in [4.69, 9.17) is 18.9 Å². The zero-order valence-electron chi connectivity index (χ0n) is 18.7. The van der Waals surface area contributed by atoms with E-state index in [9.17, 15) is 14.4 Å². The Morgan fingerprint density at radius 2 is 1.43 bits per heavy atom. The van der Waals surface area contributed by atoms with E-state index in [1.165, 1.54) is 7.11 Å². The normalized spacial score (nSPS) is 15.0. The monoisotopic (exact) mass is 421 g/mol. The van der Waals surface area contributed by atoms with Gasteiger partial charge in [0.1, 0.15) is 17.0 Å². The summed E-state index contributed by atoms with van der Waals surface area (Å²) >= 11 is 0. The number of esters is 1. The van der Waals surface area contributed by atoms with Gasteiger partial charge < -0.3 is 18.9 Å². The summed E-state index contributed by atoms with van der Waals surface area (Å²) in [5, 5.41) is 0. The van der Waals surface area contributed by atoms with Crippen LogP contribution in [0.4, 0.5) is 9.59 Å². The molecule has 0 spiro atoms. The van der Waals surface area contributed by atoms with Gasteiger partial charge in [-0.1, -0.05) is 18.2 Å². The minimum absolute atomic E-state index is 0.142. The number of nitrogens with zero attached hydrogens (tertiary/aromatic N) is 1. The van der Waals surface area contributed by atoms with Crippen LogP contribution in [0.25, 0.3) is 0 Å². The van der Waals surface area contributed by atoms with E-state index in [1.54, 1.807) is 65.8 Å². The molecule has 1 aromatic rings. The van der Waals surface area contributed by atoms with Crippen LogP contribution >= 0.6 is 0 Å². The van der Waals surface area contributed by atoms with E-state index >= 15 is 0 Å². The molecule has 1 fully saturated rings. The van der Waals surface area contributed by atoms with Gasteiger partial charge in [-0.05, 0) is 47.6 Å². The first-order chi connectivity index (χ1) is 13.8. The Kier molecular flexibility index (Phi) is 6.69. The lowest BCUT2D eigenvalue weighted by Crippen LogP contribution is -2.43. The second-order valence-corrected chi connectivity index (χ2v) is 9.24. The zero-order chi connectivity index (χ0) is 22.7. The van der Waals surface area contributed by atoms with Crippen molar-refractivity contribution in [3.8, 4) is 5.75 Å². The zero-order valence-corrected chi connectivity index (χ0v) is 18.7. The number of carbonyl (C=O) groups is 3. The number of amides is 2. The molecule has 0 unspecified atom stereocenters. The van der Waals surface area contributed by atoms with Gasteiger partial charge in [-0.3, -0.25) is 0 Å². The topological polar surface area (TPSA) is 91.4 Å². The lowest BCUT2D eigenvalue weighted by atomic mass is 10.1. The predicted octanol–water partition coefficient (Wildman–Crippen LogP) is 4.44. The third kappa shape index (κ3) is 6.37. The highest BCUT2D eigenvalue weighted by Gasteiger charge is 2.54. The fourth-order valence-corrected chi connectivity index (χ4v) is 2.60. The minimum Gasteiger partial charge on any atom is -0.475 e. The molecule has 0 bridgehead atoms. The number of imide groups is 1. The molecule has 1 saturated carbocycles. The smallest absolute Gasteiger partial charge is 0.420 e. The molecule has 0 heterocycles. The van der Waals surface area contributed by atoms with Gasteiger partial charge in [0.2, 0.25) is 5.60 Å². The Labute approximate surface area is 177 Å². The molecular formula is C22H31NO7. The molecule has 1 aromatic carbocycles. The third-order valence-electron chi connectivity index (χ3n) is 4.10. The summed E-state index contributed by atoms with van der Waals surface area (Å²) in [5.74, 6) is -0.0639. The van der Waals surface area contributed by atoms with Crippen molar-refractivity contribution in [3.63, 3.8) is 0 Å². The third-order valence-corrected chi connectivity index (χ3v) is 4.10. The summed E-state index contributed by atoms with van der Waals surface area (Å²) in [6.45, 7) is 10.1. The SMILES string of the molecule is COC(=O)C1(Oc2ccccc2CN(C(=O)OC(C)(C)C)C(=O)OC(C)(C)C)CC1. The molecule has 2 rings (SSSR count). The Balaban J connectivity index is 2.30. The van der Waals surface area contributed by atoms with Crippen molar-refractivity contribution in [2.24, 2.45) is 0 Å². The van der Waals surface area contributed by atoms with Crippen LogP contribution in [0.15, 0.2) is 24.3 Å². The van der Waals surface area contributed by atoms with Crippen molar-refractivity contribution in [2.45, 2.75) is 77.7 Å². The van der Waals surface area contributed by atoms with E-state index in [-0.39, 0.29) is 6.54 Å². The molecule has 0 N–H and O–H groups in total. The second-order valence-electron chi connectivity index (χ2n) is 9.24. The molecule has 8 heteroatoms. The average Bonchev–Trinajstić information content (AvgIpc) is 3.37.